The number of nitrogens with one attached hydrogen (secondary N) is 1. The van der Waals surface area contributed by atoms with Gasteiger partial charge < -0.3 is 24.4 Å². The number of hydrogen-bond acceptors (Lipinski definition) is 5. The summed E-state index contributed by atoms with van der Waals surface area (Å²) in [4.78, 5) is 18.3. The van der Waals surface area contributed by atoms with E-state index in [0.29, 0.717) is 31.1 Å². The van der Waals surface area contributed by atoms with Crippen molar-refractivity contribution in [2.24, 2.45) is 0 Å². The first-order valence-electron chi connectivity index (χ1n) is 9.00. The van der Waals surface area contributed by atoms with Gasteiger partial charge in [0.25, 0.3) is 0 Å². The molecule has 0 bridgehead atoms. The topological polar surface area (TPSA) is 72.9 Å². The van der Waals surface area contributed by atoms with Crippen LogP contribution < -0.4 is 19.5 Å². The average molecular weight is 371 g/mol. The first kappa shape index (κ1) is 18.8. The predicted molar refractivity (Wildman–Crippen MR) is 101 cm³/mol. The third-order valence-corrected chi connectivity index (χ3v) is 4.56. The summed E-state index contributed by atoms with van der Waals surface area (Å²) in [6, 6.07) is 9.30. The van der Waals surface area contributed by atoms with Gasteiger partial charge in [-0.3, -0.25) is 4.98 Å². The molecule has 1 aliphatic heterocycles. The van der Waals surface area contributed by atoms with Crippen LogP contribution in [0.4, 0.5) is 4.79 Å². The fourth-order valence-electron chi connectivity index (χ4n) is 3.07. The molecule has 7 heteroatoms. The lowest BCUT2D eigenvalue weighted by molar-refractivity contribution is 0.110. The Hall–Kier alpha value is -2.96. The van der Waals surface area contributed by atoms with Crippen molar-refractivity contribution in [2.45, 2.75) is 25.5 Å². The third-order valence-electron chi connectivity index (χ3n) is 4.56. The van der Waals surface area contributed by atoms with Gasteiger partial charge in [-0.1, -0.05) is 6.07 Å². The molecule has 2 aromatic rings. The minimum absolute atomic E-state index is 0.0652. The number of methoxy groups -OCH3 is 2. The van der Waals surface area contributed by atoms with Crippen LogP contribution in [0.2, 0.25) is 0 Å². The number of benzene rings is 1. The first-order chi connectivity index (χ1) is 13.2. The number of nitrogens with zero attached hydrogens (tertiary/aromatic N) is 2. The number of carbonyl (C=O) groups excluding carboxylic acids is 1. The third kappa shape index (κ3) is 5.03. The number of ether oxygens (including phenoxy) is 3. The minimum atomic E-state index is -0.0652. The van der Waals surface area contributed by atoms with Gasteiger partial charge in [0.2, 0.25) is 0 Å². The van der Waals surface area contributed by atoms with Crippen molar-refractivity contribution in [2.75, 3.05) is 27.3 Å². The molecule has 7 nitrogen and oxygen atoms in total. The zero-order valence-corrected chi connectivity index (χ0v) is 15.7. The maximum absolute atomic E-state index is 12.4. The molecule has 27 heavy (non-hydrogen) atoms. The van der Waals surface area contributed by atoms with E-state index < -0.39 is 0 Å². The van der Waals surface area contributed by atoms with Crippen molar-refractivity contribution in [1.82, 2.24) is 15.2 Å². The fourth-order valence-corrected chi connectivity index (χ4v) is 3.07. The van der Waals surface area contributed by atoms with E-state index >= 15 is 0 Å². The van der Waals surface area contributed by atoms with E-state index in [1.165, 1.54) is 0 Å². The molecule has 3 rings (SSSR count). The number of piperidine rings is 1. The van der Waals surface area contributed by atoms with E-state index in [2.05, 4.69) is 10.3 Å². The molecule has 0 saturated carbocycles. The second kappa shape index (κ2) is 9.12. The molecule has 2 heterocycles. The van der Waals surface area contributed by atoms with Gasteiger partial charge in [-0.05, 0) is 29.8 Å². The number of rotatable bonds is 6. The molecule has 1 aromatic carbocycles. The molecule has 1 fully saturated rings. The van der Waals surface area contributed by atoms with E-state index in [1.807, 2.05) is 35.2 Å². The maximum atomic E-state index is 12.4. The number of pyridine rings is 1. The lowest BCUT2D eigenvalue weighted by Gasteiger charge is -2.32. The maximum Gasteiger partial charge on any atom is 0.317 e. The highest BCUT2D eigenvalue weighted by molar-refractivity contribution is 5.74. The smallest absolute Gasteiger partial charge is 0.317 e. The predicted octanol–water partition coefficient (Wildman–Crippen LogP) is 2.85. The van der Waals surface area contributed by atoms with Crippen LogP contribution in [0.15, 0.2) is 42.7 Å². The number of carbonyl (C=O) groups is 1. The van der Waals surface area contributed by atoms with E-state index in [-0.39, 0.29) is 12.1 Å². The number of urea groups is 1. The molecule has 144 valence electrons. The van der Waals surface area contributed by atoms with Gasteiger partial charge in [-0.15, -0.1) is 0 Å². The van der Waals surface area contributed by atoms with Crippen LogP contribution in [0.3, 0.4) is 0 Å². The van der Waals surface area contributed by atoms with E-state index in [1.54, 1.807) is 26.6 Å². The molecule has 1 saturated heterocycles. The van der Waals surface area contributed by atoms with Gasteiger partial charge in [0.05, 0.1) is 20.4 Å². The van der Waals surface area contributed by atoms with Gasteiger partial charge in [0.1, 0.15) is 11.9 Å². The molecular weight excluding hydrogens is 346 g/mol. The molecule has 0 radical (unpaired) electrons. The van der Waals surface area contributed by atoms with Gasteiger partial charge in [0.15, 0.2) is 11.5 Å². The zero-order valence-electron chi connectivity index (χ0n) is 15.7. The molecule has 2 amide bonds. The summed E-state index contributed by atoms with van der Waals surface area (Å²) in [6.07, 6.45) is 5.15. The quantitative estimate of drug-likeness (QED) is 0.845. The van der Waals surface area contributed by atoms with Gasteiger partial charge >= 0.3 is 6.03 Å². The van der Waals surface area contributed by atoms with Crippen LogP contribution in [0.5, 0.6) is 17.2 Å². The summed E-state index contributed by atoms with van der Waals surface area (Å²) in [6.45, 7) is 1.77. The second-order valence-corrected chi connectivity index (χ2v) is 6.34. The zero-order chi connectivity index (χ0) is 19.1. The van der Waals surface area contributed by atoms with Crippen molar-refractivity contribution in [3.8, 4) is 17.2 Å². The molecule has 1 aliphatic rings. The Bertz CT molecular complexity index is 746. The second-order valence-electron chi connectivity index (χ2n) is 6.34. The lowest BCUT2D eigenvalue weighted by atomic mass is 10.1. The van der Waals surface area contributed by atoms with Crippen molar-refractivity contribution in [3.05, 3.63) is 48.3 Å². The van der Waals surface area contributed by atoms with Gasteiger partial charge in [-0.2, -0.15) is 0 Å². The Morgan fingerprint density at radius 1 is 1.19 bits per heavy atom. The van der Waals surface area contributed by atoms with Gasteiger partial charge in [-0.25, -0.2) is 4.79 Å². The van der Waals surface area contributed by atoms with Crippen molar-refractivity contribution >= 4 is 6.03 Å². The summed E-state index contributed by atoms with van der Waals surface area (Å²) in [7, 11) is 3.19. The molecule has 0 atom stereocenters. The van der Waals surface area contributed by atoms with Crippen molar-refractivity contribution in [3.63, 3.8) is 0 Å². The van der Waals surface area contributed by atoms with Gasteiger partial charge in [0, 0.05) is 38.7 Å². The summed E-state index contributed by atoms with van der Waals surface area (Å²) in [5, 5.41) is 2.96. The normalized spacial score (nSPS) is 14.5. The van der Waals surface area contributed by atoms with Crippen LogP contribution >= 0.6 is 0 Å². The van der Waals surface area contributed by atoms with E-state index in [4.69, 9.17) is 14.2 Å². The Labute approximate surface area is 159 Å². The average Bonchev–Trinajstić information content (AvgIpc) is 2.73. The molecular formula is C20H25N3O4. The van der Waals surface area contributed by atoms with E-state index in [9.17, 15) is 4.79 Å². The number of aromatic nitrogens is 1. The van der Waals surface area contributed by atoms with Crippen LogP contribution in [0.25, 0.3) is 0 Å². The lowest BCUT2D eigenvalue weighted by Crippen LogP contribution is -2.46. The Morgan fingerprint density at radius 3 is 2.63 bits per heavy atom. The number of likely N-dealkylation sites (tertiary alicyclic amines) is 1. The Kier molecular flexibility index (Phi) is 6.35. The molecule has 0 spiro atoms. The molecule has 1 N–H and O–H groups in total. The standard InChI is InChI=1S/C20H25N3O4/c1-25-18-6-5-15(12-19(18)26-2)13-22-20(24)23-10-7-16(8-11-23)27-17-4-3-9-21-14-17/h3-6,9,12,14,16H,7-8,10-11,13H2,1-2H3,(H,22,24). The Balaban J connectivity index is 1.46. The number of amides is 2. The fraction of sp³-hybridized carbons (Fsp3) is 0.400. The van der Waals surface area contributed by atoms with Crippen LogP contribution in [-0.2, 0) is 6.54 Å². The molecule has 0 unspecified atom stereocenters. The molecule has 1 aromatic heterocycles. The SMILES string of the molecule is COc1ccc(CNC(=O)N2CCC(Oc3cccnc3)CC2)cc1OC. The van der Waals surface area contributed by atoms with E-state index in [0.717, 1.165) is 24.2 Å². The van der Waals surface area contributed by atoms with Crippen LogP contribution in [-0.4, -0.2) is 49.3 Å². The van der Waals surface area contributed by atoms with Crippen molar-refractivity contribution in [1.29, 1.82) is 0 Å². The summed E-state index contributed by atoms with van der Waals surface area (Å²) in [5.74, 6) is 2.09. The summed E-state index contributed by atoms with van der Waals surface area (Å²) in [5.41, 5.74) is 0.954. The highest BCUT2D eigenvalue weighted by atomic mass is 16.5. The first-order valence-corrected chi connectivity index (χ1v) is 9.00. The van der Waals surface area contributed by atoms with Crippen molar-refractivity contribution < 1.29 is 19.0 Å². The number of hydrogen-bond donors (Lipinski definition) is 1. The monoisotopic (exact) mass is 371 g/mol. The highest BCUT2D eigenvalue weighted by Crippen LogP contribution is 2.27. The van der Waals surface area contributed by atoms with Crippen LogP contribution in [0, 0.1) is 0 Å². The summed E-state index contributed by atoms with van der Waals surface area (Å²) >= 11 is 0. The summed E-state index contributed by atoms with van der Waals surface area (Å²) < 4.78 is 16.4. The largest absolute Gasteiger partial charge is 0.493 e. The minimum Gasteiger partial charge on any atom is -0.493 e. The highest BCUT2D eigenvalue weighted by Gasteiger charge is 2.23. The molecule has 0 aliphatic carbocycles. The Morgan fingerprint density at radius 2 is 1.96 bits per heavy atom. The van der Waals surface area contributed by atoms with Crippen LogP contribution in [0.1, 0.15) is 18.4 Å².